The van der Waals surface area contributed by atoms with Crippen LogP contribution in [0.15, 0.2) is 41.3 Å². The number of halogens is 4. The lowest BCUT2D eigenvalue weighted by Crippen LogP contribution is -2.45. The predicted octanol–water partition coefficient (Wildman–Crippen LogP) is 5.34. The summed E-state index contributed by atoms with van der Waals surface area (Å²) in [6, 6.07) is 6.56. The molecule has 7 nitrogen and oxygen atoms in total. The van der Waals surface area contributed by atoms with E-state index >= 15 is 0 Å². The third kappa shape index (κ3) is 6.39. The van der Waals surface area contributed by atoms with Gasteiger partial charge >= 0.3 is 6.18 Å². The quantitative estimate of drug-likeness (QED) is 0.494. The number of hydrogen-bond acceptors (Lipinski definition) is 5. The first-order valence-electron chi connectivity index (χ1n) is 10.9. The molecule has 0 spiro atoms. The van der Waals surface area contributed by atoms with Crippen molar-refractivity contribution in [1.82, 2.24) is 4.31 Å². The second-order valence-corrected chi connectivity index (χ2v) is 10.4. The zero-order chi connectivity index (χ0) is 25.8. The highest BCUT2D eigenvalue weighted by atomic mass is 35.5. The number of carbonyl (C=O) groups is 1. The Morgan fingerprint density at radius 2 is 1.71 bits per heavy atom. The lowest BCUT2D eigenvalue weighted by molar-refractivity contribution is -0.137. The molecule has 0 aliphatic heterocycles. The fourth-order valence-corrected chi connectivity index (χ4v) is 5.91. The minimum absolute atomic E-state index is 0.115. The Hall–Kier alpha value is -2.50. The first-order chi connectivity index (χ1) is 16.5. The van der Waals surface area contributed by atoms with E-state index in [1.807, 2.05) is 0 Å². The number of nitrogens with one attached hydrogen (secondary N) is 1. The van der Waals surface area contributed by atoms with Crippen LogP contribution in [0.2, 0.25) is 5.02 Å². The zero-order valence-corrected chi connectivity index (χ0v) is 20.8. The summed E-state index contributed by atoms with van der Waals surface area (Å²) in [6.07, 6.45) is -1.20. The van der Waals surface area contributed by atoms with Gasteiger partial charge in [0.2, 0.25) is 15.9 Å². The molecule has 1 saturated carbocycles. The monoisotopic (exact) mass is 534 g/mol. The van der Waals surface area contributed by atoms with Gasteiger partial charge in [-0.1, -0.05) is 30.9 Å². The number of carbonyl (C=O) groups excluding carboxylic acids is 1. The summed E-state index contributed by atoms with van der Waals surface area (Å²) in [7, 11) is -1.42. The normalized spacial score (nSPS) is 15.2. The minimum Gasteiger partial charge on any atom is -0.493 e. The number of methoxy groups -OCH3 is 2. The van der Waals surface area contributed by atoms with Gasteiger partial charge in [-0.2, -0.15) is 17.5 Å². The fourth-order valence-electron chi connectivity index (χ4n) is 4.08. The lowest BCUT2D eigenvalue weighted by atomic mass is 9.95. The third-order valence-electron chi connectivity index (χ3n) is 5.80. The van der Waals surface area contributed by atoms with Gasteiger partial charge in [-0.15, -0.1) is 0 Å². The highest BCUT2D eigenvalue weighted by Crippen LogP contribution is 2.37. The maximum Gasteiger partial charge on any atom is 0.418 e. The van der Waals surface area contributed by atoms with Crippen molar-refractivity contribution in [2.75, 3.05) is 26.1 Å². The molecule has 0 radical (unpaired) electrons. The molecule has 0 aromatic heterocycles. The van der Waals surface area contributed by atoms with Crippen LogP contribution < -0.4 is 14.8 Å². The number of nitrogens with zero attached hydrogens (tertiary/aromatic N) is 1. The van der Waals surface area contributed by atoms with Crippen molar-refractivity contribution in [3.05, 3.63) is 47.0 Å². The van der Waals surface area contributed by atoms with Gasteiger partial charge < -0.3 is 14.8 Å². The molecule has 1 amide bonds. The molecule has 12 heteroatoms. The minimum atomic E-state index is -4.76. The molecular formula is C23H26ClF3N2O5S. The fraction of sp³-hybridized carbons (Fsp3) is 0.435. The van der Waals surface area contributed by atoms with E-state index in [-0.39, 0.29) is 15.7 Å². The van der Waals surface area contributed by atoms with E-state index in [4.69, 9.17) is 21.1 Å². The van der Waals surface area contributed by atoms with E-state index in [0.29, 0.717) is 24.7 Å². The average Bonchev–Trinajstić information content (AvgIpc) is 2.83. The summed E-state index contributed by atoms with van der Waals surface area (Å²) >= 11 is 5.70. The number of hydrogen-bond donors (Lipinski definition) is 1. The Labute approximate surface area is 207 Å². The smallest absolute Gasteiger partial charge is 0.418 e. The molecule has 1 aliphatic rings. The third-order valence-corrected chi connectivity index (χ3v) is 7.93. The van der Waals surface area contributed by atoms with Crippen LogP contribution in [0.5, 0.6) is 11.5 Å². The molecule has 35 heavy (non-hydrogen) atoms. The number of alkyl halides is 3. The standard InChI is InChI=1S/C23H26ClF3N2O5S/c1-33-20-11-9-17(13-21(20)34-2)35(31,32)29(16-6-4-3-5-7-16)14-22(30)28-19-10-8-15(24)12-18(19)23(25,26)27/h8-13,16H,3-7,14H2,1-2H3,(H,28,30). The Morgan fingerprint density at radius 3 is 2.31 bits per heavy atom. The van der Waals surface area contributed by atoms with Crippen molar-refractivity contribution < 1.29 is 35.9 Å². The summed E-state index contributed by atoms with van der Waals surface area (Å²) in [5.41, 5.74) is -1.62. The van der Waals surface area contributed by atoms with E-state index < -0.39 is 45.9 Å². The molecule has 0 unspecified atom stereocenters. The Morgan fingerprint density at radius 1 is 1.06 bits per heavy atom. The van der Waals surface area contributed by atoms with Gasteiger partial charge in [0.05, 0.1) is 36.9 Å². The SMILES string of the molecule is COc1ccc(S(=O)(=O)N(CC(=O)Nc2ccc(Cl)cc2C(F)(F)F)C2CCCCC2)cc1OC. The molecule has 3 rings (SSSR count). The van der Waals surface area contributed by atoms with Gasteiger partial charge in [0, 0.05) is 17.1 Å². The van der Waals surface area contributed by atoms with Gasteiger partial charge in [0.15, 0.2) is 11.5 Å². The first-order valence-corrected chi connectivity index (χ1v) is 12.7. The number of rotatable bonds is 8. The van der Waals surface area contributed by atoms with E-state index in [1.165, 1.54) is 38.5 Å². The summed E-state index contributed by atoms with van der Waals surface area (Å²) in [5.74, 6) is -0.374. The van der Waals surface area contributed by atoms with Crippen molar-refractivity contribution in [3.63, 3.8) is 0 Å². The highest BCUT2D eigenvalue weighted by Gasteiger charge is 2.37. The van der Waals surface area contributed by atoms with Crippen LogP contribution in [-0.4, -0.2) is 45.4 Å². The molecule has 1 fully saturated rings. The summed E-state index contributed by atoms with van der Waals surface area (Å²) < 4.78 is 79.0. The van der Waals surface area contributed by atoms with Crippen molar-refractivity contribution in [2.45, 2.75) is 49.2 Å². The largest absolute Gasteiger partial charge is 0.493 e. The summed E-state index contributed by atoms with van der Waals surface area (Å²) in [5, 5.41) is 2.07. The number of benzene rings is 2. The Kier molecular flexibility index (Phi) is 8.55. The van der Waals surface area contributed by atoms with Crippen molar-refractivity contribution in [1.29, 1.82) is 0 Å². The van der Waals surface area contributed by atoms with Crippen LogP contribution >= 0.6 is 11.6 Å². The second-order valence-electron chi connectivity index (χ2n) is 8.09. The van der Waals surface area contributed by atoms with Crippen molar-refractivity contribution in [2.24, 2.45) is 0 Å². The molecule has 0 saturated heterocycles. The Balaban J connectivity index is 1.93. The number of sulfonamides is 1. The van der Waals surface area contributed by atoms with E-state index in [1.54, 1.807) is 0 Å². The molecular weight excluding hydrogens is 509 g/mol. The summed E-state index contributed by atoms with van der Waals surface area (Å²) in [6.45, 7) is -0.652. The topological polar surface area (TPSA) is 84.9 Å². The van der Waals surface area contributed by atoms with Crippen LogP contribution in [0.1, 0.15) is 37.7 Å². The molecule has 2 aromatic carbocycles. The number of anilines is 1. The molecule has 192 valence electrons. The van der Waals surface area contributed by atoms with E-state index in [9.17, 15) is 26.4 Å². The van der Waals surface area contributed by atoms with Gasteiger partial charge in [0.25, 0.3) is 0 Å². The number of ether oxygens (including phenoxy) is 2. The number of amides is 1. The summed E-state index contributed by atoms with van der Waals surface area (Å²) in [4.78, 5) is 12.8. The van der Waals surface area contributed by atoms with Crippen molar-refractivity contribution in [3.8, 4) is 11.5 Å². The van der Waals surface area contributed by atoms with Crippen LogP contribution in [0.25, 0.3) is 0 Å². The lowest BCUT2D eigenvalue weighted by Gasteiger charge is -2.33. The molecule has 1 N–H and O–H groups in total. The molecule has 0 atom stereocenters. The van der Waals surface area contributed by atoms with E-state index in [2.05, 4.69) is 5.32 Å². The maximum absolute atomic E-state index is 13.6. The van der Waals surface area contributed by atoms with Crippen molar-refractivity contribution >= 4 is 33.2 Å². The average molecular weight is 535 g/mol. The van der Waals surface area contributed by atoms with Gasteiger partial charge in [0.1, 0.15) is 0 Å². The van der Waals surface area contributed by atoms with Crippen LogP contribution in [0.4, 0.5) is 18.9 Å². The first kappa shape index (κ1) is 27.1. The Bertz CT molecular complexity index is 1170. The molecule has 1 aliphatic carbocycles. The maximum atomic E-state index is 13.6. The van der Waals surface area contributed by atoms with E-state index in [0.717, 1.165) is 29.6 Å². The highest BCUT2D eigenvalue weighted by molar-refractivity contribution is 7.89. The molecule has 0 bridgehead atoms. The molecule has 0 heterocycles. The van der Waals surface area contributed by atoms with Crippen LogP contribution in [0, 0.1) is 0 Å². The predicted molar refractivity (Wildman–Crippen MR) is 125 cm³/mol. The van der Waals surface area contributed by atoms with Gasteiger partial charge in [-0.25, -0.2) is 8.42 Å². The zero-order valence-electron chi connectivity index (χ0n) is 19.2. The van der Waals surface area contributed by atoms with Gasteiger partial charge in [-0.05, 0) is 43.2 Å². The van der Waals surface area contributed by atoms with Crippen LogP contribution in [-0.2, 0) is 21.0 Å². The van der Waals surface area contributed by atoms with Gasteiger partial charge in [-0.3, -0.25) is 4.79 Å². The molecule has 2 aromatic rings. The van der Waals surface area contributed by atoms with Crippen LogP contribution in [0.3, 0.4) is 0 Å². The second kappa shape index (κ2) is 11.0.